The molecule has 0 atom stereocenters. The first kappa shape index (κ1) is 15.9. The number of hydrogen-bond donors (Lipinski definition) is 0. The Labute approximate surface area is 131 Å². The van der Waals surface area contributed by atoms with Crippen molar-refractivity contribution >= 4 is 11.5 Å². The summed E-state index contributed by atoms with van der Waals surface area (Å²) in [5.74, 6) is 1.18. The third-order valence-electron chi connectivity index (χ3n) is 3.37. The average Bonchev–Trinajstić information content (AvgIpc) is 2.54. The molecule has 4 heteroatoms. The molecule has 0 aliphatic heterocycles. The fraction of sp³-hybridized carbons (Fsp3) is 0.278. The molecule has 2 aromatic rings. The molecule has 0 heterocycles. The van der Waals surface area contributed by atoms with Gasteiger partial charge in [-0.3, -0.25) is 4.79 Å². The number of carbonyl (C=O) groups excluding carboxylic acids is 1. The molecule has 0 aromatic heterocycles. The summed E-state index contributed by atoms with van der Waals surface area (Å²) in [6, 6.07) is 12.8. The van der Waals surface area contributed by atoms with Crippen molar-refractivity contribution in [1.29, 1.82) is 0 Å². The Bertz CT molecular complexity index is 648. The molecule has 2 aromatic carbocycles. The maximum absolute atomic E-state index is 12.6. The number of benzene rings is 2. The third-order valence-corrected chi connectivity index (χ3v) is 3.37. The molecule has 0 fully saturated rings. The number of carbonyl (C=O) groups is 1. The lowest BCUT2D eigenvalue weighted by atomic mass is 10.0. The van der Waals surface area contributed by atoms with Crippen LogP contribution in [0.15, 0.2) is 42.5 Å². The summed E-state index contributed by atoms with van der Waals surface area (Å²) in [5, 5.41) is 0. The summed E-state index contributed by atoms with van der Waals surface area (Å²) in [4.78, 5) is 14.6. The van der Waals surface area contributed by atoms with E-state index >= 15 is 0 Å². The number of nitrogens with zero attached hydrogens (tertiary/aromatic N) is 1. The van der Waals surface area contributed by atoms with Crippen LogP contribution in [0.2, 0.25) is 0 Å². The van der Waals surface area contributed by atoms with Crippen molar-refractivity contribution in [1.82, 2.24) is 0 Å². The van der Waals surface area contributed by atoms with E-state index in [1.165, 1.54) is 0 Å². The molecule has 0 N–H and O–H groups in total. The molecule has 22 heavy (non-hydrogen) atoms. The van der Waals surface area contributed by atoms with E-state index in [4.69, 9.17) is 9.47 Å². The summed E-state index contributed by atoms with van der Waals surface area (Å²) in [6.07, 6.45) is 0. The number of anilines is 1. The van der Waals surface area contributed by atoms with Crippen LogP contribution in [0.25, 0.3) is 0 Å². The standard InChI is InChI=1S/C18H21NO3/c1-5-22-17-12-14(8-11-16(17)21-4)18(20)13-6-9-15(10-7-13)19(2)3/h6-12H,5H2,1-4H3. The predicted molar refractivity (Wildman–Crippen MR) is 88.4 cm³/mol. The second-order valence-corrected chi connectivity index (χ2v) is 5.07. The van der Waals surface area contributed by atoms with Crippen LogP contribution in [-0.2, 0) is 0 Å². The molecule has 0 unspecified atom stereocenters. The molecule has 0 saturated carbocycles. The van der Waals surface area contributed by atoms with Crippen LogP contribution < -0.4 is 14.4 Å². The monoisotopic (exact) mass is 299 g/mol. The first-order valence-corrected chi connectivity index (χ1v) is 7.19. The smallest absolute Gasteiger partial charge is 0.193 e. The molecule has 0 bridgehead atoms. The van der Waals surface area contributed by atoms with Gasteiger partial charge in [-0.15, -0.1) is 0 Å². The van der Waals surface area contributed by atoms with E-state index in [9.17, 15) is 4.79 Å². The van der Waals surface area contributed by atoms with E-state index in [2.05, 4.69) is 0 Å². The Morgan fingerprint density at radius 2 is 1.64 bits per heavy atom. The Morgan fingerprint density at radius 3 is 2.18 bits per heavy atom. The summed E-state index contributed by atoms with van der Waals surface area (Å²) < 4.78 is 10.8. The van der Waals surface area contributed by atoms with Crippen molar-refractivity contribution in [3.05, 3.63) is 53.6 Å². The van der Waals surface area contributed by atoms with Gasteiger partial charge >= 0.3 is 0 Å². The zero-order valence-electron chi connectivity index (χ0n) is 13.4. The van der Waals surface area contributed by atoms with Gasteiger partial charge < -0.3 is 14.4 Å². The van der Waals surface area contributed by atoms with E-state index in [1.54, 1.807) is 25.3 Å². The van der Waals surface area contributed by atoms with E-state index in [0.717, 1.165) is 5.69 Å². The molecular weight excluding hydrogens is 278 g/mol. The molecule has 0 spiro atoms. The maximum atomic E-state index is 12.6. The highest BCUT2D eigenvalue weighted by molar-refractivity contribution is 6.09. The Balaban J connectivity index is 2.30. The van der Waals surface area contributed by atoms with E-state index in [1.807, 2.05) is 50.2 Å². The summed E-state index contributed by atoms with van der Waals surface area (Å²) in [5.41, 5.74) is 2.29. The normalized spacial score (nSPS) is 10.2. The van der Waals surface area contributed by atoms with Gasteiger partial charge in [-0.1, -0.05) is 0 Å². The Morgan fingerprint density at radius 1 is 1.00 bits per heavy atom. The third kappa shape index (κ3) is 3.39. The number of rotatable bonds is 6. The number of ketones is 1. The summed E-state index contributed by atoms with van der Waals surface area (Å²) in [6.45, 7) is 2.42. The maximum Gasteiger partial charge on any atom is 0.193 e. The lowest BCUT2D eigenvalue weighted by Crippen LogP contribution is -2.09. The van der Waals surface area contributed by atoms with Crippen LogP contribution in [0.5, 0.6) is 11.5 Å². The van der Waals surface area contributed by atoms with Gasteiger partial charge in [-0.25, -0.2) is 0 Å². The highest BCUT2D eigenvalue weighted by atomic mass is 16.5. The first-order valence-electron chi connectivity index (χ1n) is 7.19. The van der Waals surface area contributed by atoms with Gasteiger partial charge in [0.2, 0.25) is 0 Å². The lowest BCUT2D eigenvalue weighted by Gasteiger charge is -2.13. The Hall–Kier alpha value is -2.49. The van der Waals surface area contributed by atoms with Crippen molar-refractivity contribution in [2.24, 2.45) is 0 Å². The number of ether oxygens (including phenoxy) is 2. The topological polar surface area (TPSA) is 38.8 Å². The molecule has 2 rings (SSSR count). The first-order chi connectivity index (χ1) is 10.6. The largest absolute Gasteiger partial charge is 0.493 e. The fourth-order valence-corrected chi connectivity index (χ4v) is 2.16. The molecule has 0 radical (unpaired) electrons. The lowest BCUT2D eigenvalue weighted by molar-refractivity contribution is 0.103. The zero-order chi connectivity index (χ0) is 16.1. The quantitative estimate of drug-likeness (QED) is 0.766. The van der Waals surface area contributed by atoms with Crippen LogP contribution in [0, 0.1) is 0 Å². The molecule has 0 aliphatic rings. The van der Waals surface area contributed by atoms with E-state index < -0.39 is 0 Å². The van der Waals surface area contributed by atoms with Gasteiger partial charge in [0.1, 0.15) is 0 Å². The summed E-state index contributed by atoms with van der Waals surface area (Å²) >= 11 is 0. The van der Waals surface area contributed by atoms with Gasteiger partial charge in [-0.2, -0.15) is 0 Å². The van der Waals surface area contributed by atoms with Gasteiger partial charge in [0.15, 0.2) is 17.3 Å². The van der Waals surface area contributed by atoms with Crippen LogP contribution in [-0.4, -0.2) is 33.6 Å². The minimum Gasteiger partial charge on any atom is -0.493 e. The molecular formula is C18H21NO3. The van der Waals surface area contributed by atoms with Crippen molar-refractivity contribution in [2.45, 2.75) is 6.92 Å². The SMILES string of the molecule is CCOc1cc(C(=O)c2ccc(N(C)C)cc2)ccc1OC. The molecule has 116 valence electrons. The number of hydrogen-bond acceptors (Lipinski definition) is 4. The van der Waals surface area contributed by atoms with Crippen molar-refractivity contribution in [3.63, 3.8) is 0 Å². The minimum atomic E-state index is -0.0334. The second-order valence-electron chi connectivity index (χ2n) is 5.07. The van der Waals surface area contributed by atoms with E-state index in [0.29, 0.717) is 29.2 Å². The predicted octanol–water partition coefficient (Wildman–Crippen LogP) is 3.39. The second kappa shape index (κ2) is 6.98. The van der Waals surface area contributed by atoms with Crippen molar-refractivity contribution in [3.8, 4) is 11.5 Å². The molecule has 0 saturated heterocycles. The van der Waals surface area contributed by atoms with Gasteiger partial charge in [0.25, 0.3) is 0 Å². The molecule has 4 nitrogen and oxygen atoms in total. The van der Waals surface area contributed by atoms with Gasteiger partial charge in [-0.05, 0) is 49.4 Å². The van der Waals surface area contributed by atoms with Crippen molar-refractivity contribution in [2.75, 3.05) is 32.7 Å². The van der Waals surface area contributed by atoms with E-state index in [-0.39, 0.29) is 5.78 Å². The summed E-state index contributed by atoms with van der Waals surface area (Å²) in [7, 11) is 5.52. The van der Waals surface area contributed by atoms with Gasteiger partial charge in [0.05, 0.1) is 13.7 Å². The molecule has 0 amide bonds. The molecule has 0 aliphatic carbocycles. The highest BCUT2D eigenvalue weighted by Crippen LogP contribution is 2.29. The Kier molecular flexibility index (Phi) is 5.04. The zero-order valence-corrected chi connectivity index (χ0v) is 13.4. The average molecular weight is 299 g/mol. The van der Waals surface area contributed by atoms with Crippen LogP contribution in [0.4, 0.5) is 5.69 Å². The van der Waals surface area contributed by atoms with Crippen LogP contribution in [0.3, 0.4) is 0 Å². The number of methoxy groups -OCH3 is 1. The van der Waals surface area contributed by atoms with Crippen LogP contribution >= 0.6 is 0 Å². The van der Waals surface area contributed by atoms with Crippen molar-refractivity contribution < 1.29 is 14.3 Å². The fourth-order valence-electron chi connectivity index (χ4n) is 2.16. The highest BCUT2D eigenvalue weighted by Gasteiger charge is 2.13. The minimum absolute atomic E-state index is 0.0334. The van der Waals surface area contributed by atoms with Gasteiger partial charge in [0, 0.05) is 30.9 Å². The van der Waals surface area contributed by atoms with Crippen LogP contribution in [0.1, 0.15) is 22.8 Å².